The molecule has 1 aliphatic heterocycles. The minimum Gasteiger partial charge on any atom is -0.480 e. The van der Waals surface area contributed by atoms with Gasteiger partial charge in [0.25, 0.3) is 5.91 Å². The number of nitrogens with one attached hydrogen (secondary N) is 1. The highest BCUT2D eigenvalue weighted by Crippen LogP contribution is 2.26. The molecule has 4 rings (SSSR count). The fourth-order valence-corrected chi connectivity index (χ4v) is 4.01. The molecule has 156 valence electrons. The predicted octanol–water partition coefficient (Wildman–Crippen LogP) is 4.91. The van der Waals surface area contributed by atoms with E-state index >= 15 is 0 Å². The van der Waals surface area contributed by atoms with E-state index < -0.39 is 6.10 Å². The Hall–Kier alpha value is -2.85. The van der Waals surface area contributed by atoms with E-state index in [2.05, 4.69) is 34.5 Å². The second-order valence-electron chi connectivity index (χ2n) is 8.11. The van der Waals surface area contributed by atoms with E-state index in [1.807, 2.05) is 42.5 Å². The summed E-state index contributed by atoms with van der Waals surface area (Å²) in [5.41, 5.74) is 2.43. The van der Waals surface area contributed by atoms with Crippen molar-refractivity contribution in [2.75, 3.05) is 13.1 Å². The smallest absolute Gasteiger partial charge is 0.261 e. The average Bonchev–Trinajstić information content (AvgIpc) is 2.79. The Bertz CT molecular complexity index is 972. The summed E-state index contributed by atoms with van der Waals surface area (Å²) < 4.78 is 5.96. The van der Waals surface area contributed by atoms with Gasteiger partial charge in [0.1, 0.15) is 5.75 Å². The zero-order valence-corrected chi connectivity index (χ0v) is 17.6. The number of nitrogens with zero attached hydrogens (tertiary/aromatic N) is 1. The SMILES string of the molecule is C[C@@H](Oc1cccc2ccccc12)C(=O)NCc1ccc(CN2CCCCC2)cc1. The quantitative estimate of drug-likeness (QED) is 0.611. The van der Waals surface area contributed by atoms with Crippen LogP contribution in [0.15, 0.2) is 66.7 Å². The molecule has 0 aromatic heterocycles. The van der Waals surface area contributed by atoms with Crippen molar-refractivity contribution in [3.8, 4) is 5.75 Å². The first-order valence-electron chi connectivity index (χ1n) is 10.9. The molecule has 0 radical (unpaired) electrons. The number of likely N-dealkylation sites (tertiary alicyclic amines) is 1. The van der Waals surface area contributed by atoms with Crippen molar-refractivity contribution < 1.29 is 9.53 Å². The molecule has 30 heavy (non-hydrogen) atoms. The van der Waals surface area contributed by atoms with E-state index in [4.69, 9.17) is 4.74 Å². The molecule has 1 saturated heterocycles. The van der Waals surface area contributed by atoms with Crippen molar-refractivity contribution in [2.45, 2.75) is 45.4 Å². The van der Waals surface area contributed by atoms with Crippen LogP contribution in [0.3, 0.4) is 0 Å². The normalized spacial score (nSPS) is 15.6. The fraction of sp³-hybridized carbons (Fsp3) is 0.346. The molecule has 0 aliphatic carbocycles. The topological polar surface area (TPSA) is 41.6 Å². The molecule has 1 amide bonds. The molecule has 1 heterocycles. The number of rotatable bonds is 7. The minimum atomic E-state index is -0.561. The summed E-state index contributed by atoms with van der Waals surface area (Å²) in [4.78, 5) is 15.1. The van der Waals surface area contributed by atoms with Crippen LogP contribution in [0.25, 0.3) is 10.8 Å². The van der Waals surface area contributed by atoms with Gasteiger partial charge in [0.05, 0.1) is 0 Å². The fourth-order valence-electron chi connectivity index (χ4n) is 4.01. The number of piperidine rings is 1. The number of hydrogen-bond acceptors (Lipinski definition) is 3. The summed E-state index contributed by atoms with van der Waals surface area (Å²) in [7, 11) is 0. The Kier molecular flexibility index (Phi) is 6.65. The van der Waals surface area contributed by atoms with Gasteiger partial charge in [0.15, 0.2) is 6.10 Å². The molecular formula is C26H30N2O2. The lowest BCUT2D eigenvalue weighted by atomic mass is 10.1. The second kappa shape index (κ2) is 9.77. The van der Waals surface area contributed by atoms with Crippen molar-refractivity contribution in [1.82, 2.24) is 10.2 Å². The van der Waals surface area contributed by atoms with Crippen molar-refractivity contribution in [3.63, 3.8) is 0 Å². The van der Waals surface area contributed by atoms with Crippen LogP contribution >= 0.6 is 0 Å². The average molecular weight is 403 g/mol. The maximum atomic E-state index is 12.5. The lowest BCUT2D eigenvalue weighted by Crippen LogP contribution is -2.35. The molecule has 1 N–H and O–H groups in total. The molecule has 1 atom stereocenters. The van der Waals surface area contributed by atoms with Gasteiger partial charge in [-0.2, -0.15) is 0 Å². The first-order valence-corrected chi connectivity index (χ1v) is 10.9. The van der Waals surface area contributed by atoms with Gasteiger partial charge >= 0.3 is 0 Å². The molecule has 1 aliphatic rings. The largest absolute Gasteiger partial charge is 0.480 e. The van der Waals surface area contributed by atoms with Crippen molar-refractivity contribution in [1.29, 1.82) is 0 Å². The third kappa shape index (κ3) is 5.19. The Morgan fingerprint density at radius 1 is 0.933 bits per heavy atom. The van der Waals surface area contributed by atoms with Gasteiger partial charge in [0, 0.05) is 18.5 Å². The lowest BCUT2D eigenvalue weighted by molar-refractivity contribution is -0.127. The monoisotopic (exact) mass is 402 g/mol. The van der Waals surface area contributed by atoms with E-state index in [1.54, 1.807) is 6.92 Å². The van der Waals surface area contributed by atoms with E-state index in [9.17, 15) is 4.79 Å². The maximum Gasteiger partial charge on any atom is 0.261 e. The summed E-state index contributed by atoms with van der Waals surface area (Å²) in [6.07, 6.45) is 3.42. The van der Waals surface area contributed by atoms with E-state index in [0.717, 1.165) is 28.6 Å². The highest BCUT2D eigenvalue weighted by molar-refractivity contribution is 5.89. The van der Waals surface area contributed by atoms with Crippen LogP contribution in [0.1, 0.15) is 37.3 Å². The van der Waals surface area contributed by atoms with Crippen LogP contribution in [0.5, 0.6) is 5.75 Å². The minimum absolute atomic E-state index is 0.111. The van der Waals surface area contributed by atoms with E-state index in [0.29, 0.717) is 6.54 Å². The molecule has 3 aromatic carbocycles. The summed E-state index contributed by atoms with van der Waals surface area (Å²) in [6, 6.07) is 22.5. The number of fused-ring (bicyclic) bond motifs is 1. The van der Waals surface area contributed by atoms with Gasteiger partial charge in [-0.25, -0.2) is 0 Å². The summed E-state index contributed by atoms with van der Waals surface area (Å²) in [5, 5.41) is 5.12. The highest BCUT2D eigenvalue weighted by Gasteiger charge is 2.16. The number of carbonyl (C=O) groups is 1. The Morgan fingerprint density at radius 2 is 1.63 bits per heavy atom. The molecule has 0 saturated carbocycles. The predicted molar refractivity (Wildman–Crippen MR) is 121 cm³/mol. The van der Waals surface area contributed by atoms with E-state index in [-0.39, 0.29) is 5.91 Å². The molecule has 0 spiro atoms. The maximum absolute atomic E-state index is 12.5. The van der Waals surface area contributed by atoms with Gasteiger partial charge in [-0.05, 0) is 55.4 Å². The Balaban J connectivity index is 1.29. The zero-order chi connectivity index (χ0) is 20.8. The first-order chi connectivity index (χ1) is 14.7. The highest BCUT2D eigenvalue weighted by atomic mass is 16.5. The number of ether oxygens (including phenoxy) is 1. The Morgan fingerprint density at radius 3 is 2.43 bits per heavy atom. The summed E-state index contributed by atoms with van der Waals surface area (Å²) in [6.45, 7) is 5.71. The third-order valence-electron chi connectivity index (χ3n) is 5.77. The molecule has 4 nitrogen and oxygen atoms in total. The second-order valence-corrected chi connectivity index (χ2v) is 8.11. The van der Waals surface area contributed by atoms with Crippen LogP contribution in [0.2, 0.25) is 0 Å². The molecule has 3 aromatic rings. The summed E-state index contributed by atoms with van der Waals surface area (Å²) >= 11 is 0. The lowest BCUT2D eigenvalue weighted by Gasteiger charge is -2.26. The molecule has 0 unspecified atom stereocenters. The Labute approximate surface area is 178 Å². The van der Waals surface area contributed by atoms with E-state index in [1.165, 1.54) is 37.9 Å². The number of carbonyl (C=O) groups excluding carboxylic acids is 1. The number of benzene rings is 3. The van der Waals surface area contributed by atoms with Gasteiger partial charge < -0.3 is 10.1 Å². The van der Waals surface area contributed by atoms with Crippen molar-refractivity contribution in [3.05, 3.63) is 77.9 Å². The molecule has 0 bridgehead atoms. The number of hydrogen-bond donors (Lipinski definition) is 1. The summed E-state index contributed by atoms with van der Waals surface area (Å²) in [5.74, 6) is 0.623. The van der Waals surface area contributed by atoms with Gasteiger partial charge in [-0.15, -0.1) is 0 Å². The third-order valence-corrected chi connectivity index (χ3v) is 5.77. The van der Waals surface area contributed by atoms with Gasteiger partial charge in [0.2, 0.25) is 0 Å². The van der Waals surface area contributed by atoms with Gasteiger partial charge in [-0.3, -0.25) is 9.69 Å². The van der Waals surface area contributed by atoms with Crippen LogP contribution < -0.4 is 10.1 Å². The first kappa shape index (κ1) is 20.4. The van der Waals surface area contributed by atoms with Crippen LogP contribution in [-0.2, 0) is 17.9 Å². The van der Waals surface area contributed by atoms with Crippen LogP contribution in [-0.4, -0.2) is 30.0 Å². The van der Waals surface area contributed by atoms with Crippen LogP contribution in [0, 0.1) is 0 Å². The standard InChI is InChI=1S/C26H30N2O2/c1-20(30-25-11-7-9-23-8-3-4-10-24(23)25)26(29)27-18-21-12-14-22(15-13-21)19-28-16-5-2-6-17-28/h3-4,7-15,20H,2,5-6,16-19H2,1H3,(H,27,29)/t20-/m1/s1. The van der Waals surface area contributed by atoms with Gasteiger partial charge in [-0.1, -0.05) is 67.1 Å². The molecule has 4 heteroatoms. The molecular weight excluding hydrogens is 372 g/mol. The number of amides is 1. The molecule has 1 fully saturated rings. The van der Waals surface area contributed by atoms with Crippen molar-refractivity contribution in [2.24, 2.45) is 0 Å². The zero-order valence-electron chi connectivity index (χ0n) is 17.6. The van der Waals surface area contributed by atoms with Crippen molar-refractivity contribution >= 4 is 16.7 Å². The van der Waals surface area contributed by atoms with Crippen LogP contribution in [0.4, 0.5) is 0 Å².